The van der Waals surface area contributed by atoms with E-state index in [1.54, 1.807) is 0 Å². The van der Waals surface area contributed by atoms with E-state index in [0.717, 1.165) is 19.9 Å². The number of nitrogens with one attached hydrogen (secondary N) is 2. The Morgan fingerprint density at radius 2 is 2.04 bits per heavy atom. The molecule has 1 atom stereocenters. The summed E-state index contributed by atoms with van der Waals surface area (Å²) >= 11 is 0. The number of ether oxygens (including phenoxy) is 1. The summed E-state index contributed by atoms with van der Waals surface area (Å²) in [6, 6.07) is 0. The van der Waals surface area contributed by atoms with Crippen LogP contribution in [0.4, 0.5) is 13.2 Å². The molecular weight excluding hydrogens is 440 g/mol. The van der Waals surface area contributed by atoms with E-state index < -0.39 is 18.6 Å². The molecule has 1 unspecified atom stereocenters. The molecule has 1 heterocycles. The van der Waals surface area contributed by atoms with Crippen molar-refractivity contribution in [3.05, 3.63) is 0 Å². The lowest BCUT2D eigenvalue weighted by molar-refractivity contribution is -0.157. The van der Waals surface area contributed by atoms with E-state index in [1.807, 2.05) is 13.8 Å². The zero-order chi connectivity index (χ0) is 17.5. The molecule has 0 aromatic carbocycles. The fraction of sp³-hybridized carbons (Fsp3) is 0.857. The molecule has 6 nitrogen and oxygen atoms in total. The predicted molar refractivity (Wildman–Crippen MR) is 96.7 cm³/mol. The Hall–Kier alpha value is -0.780. The van der Waals surface area contributed by atoms with E-state index in [0.29, 0.717) is 30.6 Å². The minimum absolute atomic E-state index is 0. The third-order valence-electron chi connectivity index (χ3n) is 3.49. The molecule has 24 heavy (non-hydrogen) atoms. The minimum Gasteiger partial charge on any atom is -0.373 e. The van der Waals surface area contributed by atoms with Crippen molar-refractivity contribution in [3.8, 4) is 0 Å². The molecule has 10 heteroatoms. The molecule has 1 aliphatic rings. The zero-order valence-electron chi connectivity index (χ0n) is 14.2. The summed E-state index contributed by atoms with van der Waals surface area (Å²) in [6.07, 6.45) is -2.50. The van der Waals surface area contributed by atoms with Crippen molar-refractivity contribution < 1.29 is 22.7 Å². The first-order valence-corrected chi connectivity index (χ1v) is 7.62. The van der Waals surface area contributed by atoms with Crippen molar-refractivity contribution in [1.82, 2.24) is 15.5 Å². The number of aliphatic imine (C=N–C) groups is 1. The van der Waals surface area contributed by atoms with Crippen LogP contribution in [0.3, 0.4) is 0 Å². The van der Waals surface area contributed by atoms with Gasteiger partial charge in [0.05, 0.1) is 5.60 Å². The van der Waals surface area contributed by atoms with Crippen LogP contribution >= 0.6 is 24.0 Å². The van der Waals surface area contributed by atoms with Crippen molar-refractivity contribution in [2.24, 2.45) is 4.99 Å². The Labute approximate surface area is 157 Å². The Morgan fingerprint density at radius 3 is 2.54 bits per heavy atom. The van der Waals surface area contributed by atoms with Gasteiger partial charge in [0.25, 0.3) is 0 Å². The lowest BCUT2D eigenvalue weighted by atomic mass is 10.0. The largest absolute Gasteiger partial charge is 0.406 e. The molecule has 1 rings (SSSR count). The van der Waals surface area contributed by atoms with Crippen LogP contribution in [0.25, 0.3) is 0 Å². The van der Waals surface area contributed by atoms with Gasteiger partial charge in [0, 0.05) is 26.7 Å². The molecule has 0 radical (unpaired) electrons. The van der Waals surface area contributed by atoms with Crippen LogP contribution in [-0.2, 0) is 9.53 Å². The van der Waals surface area contributed by atoms with Crippen LogP contribution in [0, 0.1) is 0 Å². The molecule has 0 aromatic heterocycles. The molecule has 1 fully saturated rings. The summed E-state index contributed by atoms with van der Waals surface area (Å²) in [4.78, 5) is 16.3. The quantitative estimate of drug-likeness (QED) is 0.356. The fourth-order valence-electron chi connectivity index (χ4n) is 2.21. The van der Waals surface area contributed by atoms with Crippen LogP contribution in [0.1, 0.15) is 26.7 Å². The summed E-state index contributed by atoms with van der Waals surface area (Å²) in [7, 11) is 1.11. The maximum Gasteiger partial charge on any atom is 0.406 e. The predicted octanol–water partition coefficient (Wildman–Crippen LogP) is 1.75. The first-order chi connectivity index (χ1) is 10.7. The second-order valence-corrected chi connectivity index (χ2v) is 5.82. The molecule has 142 valence electrons. The van der Waals surface area contributed by atoms with Crippen LogP contribution in [-0.4, -0.2) is 68.4 Å². The van der Waals surface area contributed by atoms with E-state index in [4.69, 9.17) is 4.74 Å². The summed E-state index contributed by atoms with van der Waals surface area (Å²) in [5.41, 5.74) is -0.284. The number of hydrogen-bond acceptors (Lipinski definition) is 3. The van der Waals surface area contributed by atoms with E-state index in [9.17, 15) is 18.0 Å². The number of halogens is 4. The average molecular weight is 466 g/mol. The van der Waals surface area contributed by atoms with Crippen LogP contribution in [0.2, 0.25) is 0 Å². The molecule has 0 spiro atoms. The molecule has 0 saturated carbocycles. The summed E-state index contributed by atoms with van der Waals surface area (Å²) in [5.74, 6) is -0.305. The van der Waals surface area contributed by atoms with E-state index in [1.165, 1.54) is 0 Å². The van der Waals surface area contributed by atoms with Crippen molar-refractivity contribution in [2.75, 3.05) is 39.8 Å². The highest BCUT2D eigenvalue weighted by molar-refractivity contribution is 14.0. The number of likely N-dealkylation sites (N-methyl/N-ethyl adjacent to an activating group) is 1. The van der Waals surface area contributed by atoms with Gasteiger partial charge in [-0.05, 0) is 26.7 Å². The number of amides is 1. The topological polar surface area (TPSA) is 66.0 Å². The number of guanidine groups is 1. The molecule has 0 aromatic rings. The van der Waals surface area contributed by atoms with Gasteiger partial charge in [-0.3, -0.25) is 4.79 Å². The monoisotopic (exact) mass is 466 g/mol. The van der Waals surface area contributed by atoms with Gasteiger partial charge in [0.2, 0.25) is 5.91 Å². The Morgan fingerprint density at radius 1 is 1.38 bits per heavy atom. The van der Waals surface area contributed by atoms with E-state index >= 15 is 0 Å². The standard InChI is InChI=1S/C14H25F3N4O2.HI/c1-4-18-12(20-9-13(2)6-5-7-23-13)19-8-11(22)21(3)10-14(15,16)17;/h4-10H2,1-3H3,(H2,18,19,20);1H. The highest BCUT2D eigenvalue weighted by atomic mass is 127. The van der Waals surface area contributed by atoms with E-state index in [2.05, 4.69) is 15.6 Å². The first-order valence-electron chi connectivity index (χ1n) is 7.62. The minimum atomic E-state index is -4.41. The van der Waals surface area contributed by atoms with Gasteiger partial charge in [-0.2, -0.15) is 13.2 Å². The lowest BCUT2D eigenvalue weighted by Gasteiger charge is -2.24. The molecule has 1 saturated heterocycles. The molecular formula is C14H26F3IN4O2. The molecule has 0 aliphatic carbocycles. The normalized spacial score (nSPS) is 21.2. The Balaban J connectivity index is 0.00000529. The van der Waals surface area contributed by atoms with Crippen LogP contribution in [0.15, 0.2) is 4.99 Å². The third-order valence-corrected chi connectivity index (χ3v) is 3.49. The van der Waals surface area contributed by atoms with Gasteiger partial charge in [-0.1, -0.05) is 0 Å². The second kappa shape index (κ2) is 10.3. The van der Waals surface area contributed by atoms with Crippen LogP contribution in [0.5, 0.6) is 0 Å². The summed E-state index contributed by atoms with van der Waals surface area (Å²) < 4.78 is 42.4. The van der Waals surface area contributed by atoms with Gasteiger partial charge in [0.15, 0.2) is 5.96 Å². The lowest BCUT2D eigenvalue weighted by Crippen LogP contribution is -2.46. The molecule has 2 N–H and O–H groups in total. The Bertz CT molecular complexity index is 427. The molecule has 0 bridgehead atoms. The van der Waals surface area contributed by atoms with Crippen LogP contribution < -0.4 is 10.6 Å². The average Bonchev–Trinajstić information content (AvgIpc) is 2.87. The van der Waals surface area contributed by atoms with Gasteiger partial charge in [-0.25, -0.2) is 4.99 Å². The van der Waals surface area contributed by atoms with E-state index in [-0.39, 0.29) is 36.1 Å². The number of hydrogen-bond donors (Lipinski definition) is 2. The maximum atomic E-state index is 12.3. The number of rotatable bonds is 6. The number of carbonyl (C=O) groups excluding carboxylic acids is 1. The molecule has 1 amide bonds. The second-order valence-electron chi connectivity index (χ2n) is 5.82. The zero-order valence-corrected chi connectivity index (χ0v) is 16.5. The number of alkyl halides is 3. The Kier molecular flexibility index (Phi) is 9.93. The van der Waals surface area contributed by atoms with Gasteiger partial charge >= 0.3 is 6.18 Å². The van der Waals surface area contributed by atoms with Gasteiger partial charge in [-0.15, -0.1) is 24.0 Å². The van der Waals surface area contributed by atoms with Crippen molar-refractivity contribution in [2.45, 2.75) is 38.5 Å². The van der Waals surface area contributed by atoms with Gasteiger partial charge < -0.3 is 20.3 Å². The van der Waals surface area contributed by atoms with Crippen molar-refractivity contribution in [3.63, 3.8) is 0 Å². The van der Waals surface area contributed by atoms with Gasteiger partial charge in [0.1, 0.15) is 13.1 Å². The summed E-state index contributed by atoms with van der Waals surface area (Å²) in [6.45, 7) is 4.03. The first kappa shape index (κ1) is 23.2. The van der Waals surface area contributed by atoms with Crippen molar-refractivity contribution in [1.29, 1.82) is 0 Å². The summed E-state index contributed by atoms with van der Waals surface area (Å²) in [5, 5.41) is 6.02. The molecule has 1 aliphatic heterocycles. The van der Waals surface area contributed by atoms with Crippen molar-refractivity contribution >= 4 is 35.8 Å². The fourth-order valence-corrected chi connectivity index (χ4v) is 2.21. The highest BCUT2D eigenvalue weighted by Crippen LogP contribution is 2.23. The smallest absolute Gasteiger partial charge is 0.373 e. The highest BCUT2D eigenvalue weighted by Gasteiger charge is 2.31. The number of carbonyl (C=O) groups is 1. The maximum absolute atomic E-state index is 12.3. The number of nitrogens with zero attached hydrogens (tertiary/aromatic N) is 2. The third kappa shape index (κ3) is 8.90. The SMILES string of the molecule is CCNC(=NCC(=O)N(C)CC(F)(F)F)NCC1(C)CCCO1.I.